The maximum Gasteiger partial charge on any atom is 0.333 e. The number of aliphatic carboxylic acids is 1. The summed E-state index contributed by atoms with van der Waals surface area (Å²) in [5, 5.41) is 10.1. The van der Waals surface area contributed by atoms with Gasteiger partial charge in [-0.25, -0.2) is 9.78 Å². The lowest BCUT2D eigenvalue weighted by molar-refractivity contribution is -0.167. The fourth-order valence-electron chi connectivity index (χ4n) is 5.44. The van der Waals surface area contributed by atoms with Crippen LogP contribution in [0.3, 0.4) is 0 Å². The maximum absolute atomic E-state index is 12.3. The number of imidazole rings is 1. The zero-order valence-electron chi connectivity index (χ0n) is 17.8. The highest BCUT2D eigenvalue weighted by molar-refractivity contribution is 5.74. The molecule has 0 spiro atoms. The van der Waals surface area contributed by atoms with Crippen LogP contribution in [0.15, 0.2) is 36.8 Å². The molecule has 0 saturated heterocycles. The molecule has 1 fully saturated rings. The highest BCUT2D eigenvalue weighted by Gasteiger charge is 2.42. The zero-order chi connectivity index (χ0) is 20.7. The Labute approximate surface area is 173 Å². The van der Waals surface area contributed by atoms with E-state index in [0.717, 1.165) is 29.7 Å². The molecule has 2 aromatic rings. The standard InChI is InChI=1S/C24H32N2O3/c1-14(2)17-10-9-15(3)11-21(17)29-23(24(27)28)16(4)22-19-8-6-5-7-18(19)20-12-25-13-26(20)22/h5-8,12-17,21-23H,9-11H2,1-4H3,(H,27,28)/t15-,16?,17+,21+,22?,23?/m0/s1. The second kappa shape index (κ2) is 7.94. The summed E-state index contributed by atoms with van der Waals surface area (Å²) < 4.78 is 8.55. The number of carboxylic acids is 1. The van der Waals surface area contributed by atoms with E-state index in [1.165, 1.54) is 6.42 Å². The van der Waals surface area contributed by atoms with Crippen molar-refractivity contribution in [3.63, 3.8) is 0 Å². The third-order valence-electron chi connectivity index (χ3n) is 7.02. The van der Waals surface area contributed by atoms with Crippen LogP contribution < -0.4 is 0 Å². The molecule has 4 rings (SSSR count). The van der Waals surface area contributed by atoms with Crippen molar-refractivity contribution in [2.45, 2.75) is 65.2 Å². The van der Waals surface area contributed by atoms with Gasteiger partial charge in [-0.2, -0.15) is 0 Å². The summed E-state index contributed by atoms with van der Waals surface area (Å²) in [5.74, 6) is 0.398. The van der Waals surface area contributed by atoms with Gasteiger partial charge >= 0.3 is 5.97 Å². The number of rotatable bonds is 6. The Morgan fingerprint density at radius 1 is 1.24 bits per heavy atom. The molecule has 3 unspecified atom stereocenters. The van der Waals surface area contributed by atoms with E-state index < -0.39 is 12.1 Å². The van der Waals surface area contributed by atoms with E-state index in [1.54, 1.807) is 0 Å². The van der Waals surface area contributed by atoms with Gasteiger partial charge in [0.2, 0.25) is 0 Å². The van der Waals surface area contributed by atoms with E-state index in [0.29, 0.717) is 17.8 Å². The van der Waals surface area contributed by atoms with Gasteiger partial charge in [0, 0.05) is 11.5 Å². The van der Waals surface area contributed by atoms with Gasteiger partial charge in [0.15, 0.2) is 6.10 Å². The molecular formula is C24H32N2O3. The Balaban J connectivity index is 1.63. The van der Waals surface area contributed by atoms with E-state index in [4.69, 9.17) is 4.74 Å². The molecule has 6 atom stereocenters. The largest absolute Gasteiger partial charge is 0.479 e. The number of hydrogen-bond donors (Lipinski definition) is 1. The van der Waals surface area contributed by atoms with Crippen molar-refractivity contribution in [2.75, 3.05) is 0 Å². The van der Waals surface area contributed by atoms with Gasteiger partial charge in [-0.05, 0) is 36.2 Å². The first kappa shape index (κ1) is 20.1. The first-order valence-electron chi connectivity index (χ1n) is 10.9. The average molecular weight is 397 g/mol. The highest BCUT2D eigenvalue weighted by atomic mass is 16.5. The monoisotopic (exact) mass is 396 g/mol. The van der Waals surface area contributed by atoms with E-state index in [9.17, 15) is 9.90 Å². The van der Waals surface area contributed by atoms with E-state index in [-0.39, 0.29) is 18.1 Å². The van der Waals surface area contributed by atoms with Crippen LogP contribution in [0.5, 0.6) is 0 Å². The van der Waals surface area contributed by atoms with Crippen LogP contribution in [-0.2, 0) is 9.53 Å². The normalized spacial score (nSPS) is 28.0. The second-order valence-electron chi connectivity index (χ2n) is 9.34. The lowest BCUT2D eigenvalue weighted by Crippen LogP contribution is -2.43. The number of fused-ring (bicyclic) bond motifs is 3. The molecule has 1 aromatic heterocycles. The first-order chi connectivity index (χ1) is 13.9. The van der Waals surface area contributed by atoms with E-state index in [2.05, 4.69) is 42.5 Å². The van der Waals surface area contributed by atoms with Gasteiger partial charge in [0.1, 0.15) is 0 Å². The molecule has 1 N–H and O–H groups in total. The fraction of sp³-hybridized carbons (Fsp3) is 0.583. The Morgan fingerprint density at radius 2 is 2.00 bits per heavy atom. The number of carbonyl (C=O) groups is 1. The minimum absolute atomic E-state index is 0.00112. The van der Waals surface area contributed by atoms with Crippen LogP contribution in [0.25, 0.3) is 11.3 Å². The van der Waals surface area contributed by atoms with Crippen molar-refractivity contribution in [2.24, 2.45) is 23.7 Å². The number of ether oxygens (including phenoxy) is 1. The molecule has 1 saturated carbocycles. The lowest BCUT2D eigenvalue weighted by Gasteiger charge is -2.40. The molecule has 2 heterocycles. The summed E-state index contributed by atoms with van der Waals surface area (Å²) >= 11 is 0. The molecule has 1 aromatic carbocycles. The lowest BCUT2D eigenvalue weighted by atomic mass is 9.75. The van der Waals surface area contributed by atoms with Crippen molar-refractivity contribution in [3.05, 3.63) is 42.4 Å². The van der Waals surface area contributed by atoms with Crippen molar-refractivity contribution in [1.29, 1.82) is 0 Å². The van der Waals surface area contributed by atoms with Gasteiger partial charge in [0.05, 0.1) is 30.4 Å². The molecule has 5 heteroatoms. The molecule has 1 aliphatic carbocycles. The van der Waals surface area contributed by atoms with Crippen LogP contribution in [-0.4, -0.2) is 32.8 Å². The van der Waals surface area contributed by atoms with Gasteiger partial charge in [-0.1, -0.05) is 58.4 Å². The number of carboxylic acid groups (broad SMARTS) is 1. The molecule has 156 valence electrons. The van der Waals surface area contributed by atoms with Crippen molar-refractivity contribution in [1.82, 2.24) is 9.55 Å². The number of hydrogen-bond acceptors (Lipinski definition) is 3. The molecule has 5 nitrogen and oxygen atoms in total. The molecule has 0 amide bonds. The third-order valence-corrected chi connectivity index (χ3v) is 7.02. The van der Waals surface area contributed by atoms with Crippen LogP contribution in [0.4, 0.5) is 0 Å². The average Bonchev–Trinajstić information content (AvgIpc) is 3.26. The minimum Gasteiger partial charge on any atom is -0.479 e. The summed E-state index contributed by atoms with van der Waals surface area (Å²) in [6.45, 7) is 8.70. The number of aromatic nitrogens is 2. The third kappa shape index (κ3) is 3.61. The van der Waals surface area contributed by atoms with Gasteiger partial charge in [-0.3, -0.25) is 0 Å². The van der Waals surface area contributed by atoms with Gasteiger partial charge in [-0.15, -0.1) is 0 Å². The summed E-state index contributed by atoms with van der Waals surface area (Å²) in [6, 6.07) is 8.15. The zero-order valence-corrected chi connectivity index (χ0v) is 17.8. The van der Waals surface area contributed by atoms with E-state index in [1.807, 2.05) is 31.6 Å². The highest BCUT2D eigenvalue weighted by Crippen LogP contribution is 2.45. The predicted octanol–water partition coefficient (Wildman–Crippen LogP) is 5.02. The van der Waals surface area contributed by atoms with Crippen LogP contribution in [0, 0.1) is 23.7 Å². The van der Waals surface area contributed by atoms with Gasteiger partial charge in [0.25, 0.3) is 0 Å². The molecule has 2 aliphatic rings. The van der Waals surface area contributed by atoms with Crippen LogP contribution in [0.1, 0.15) is 58.6 Å². The first-order valence-corrected chi connectivity index (χ1v) is 10.9. The number of benzene rings is 1. The summed E-state index contributed by atoms with van der Waals surface area (Å²) in [5.41, 5.74) is 3.34. The van der Waals surface area contributed by atoms with Crippen LogP contribution >= 0.6 is 0 Å². The molecule has 0 bridgehead atoms. The molecule has 29 heavy (non-hydrogen) atoms. The maximum atomic E-state index is 12.3. The molecule has 1 aliphatic heterocycles. The summed E-state index contributed by atoms with van der Waals surface area (Å²) in [7, 11) is 0. The quantitative estimate of drug-likeness (QED) is 0.745. The smallest absolute Gasteiger partial charge is 0.333 e. The van der Waals surface area contributed by atoms with Gasteiger partial charge < -0.3 is 14.4 Å². The van der Waals surface area contributed by atoms with Crippen molar-refractivity contribution < 1.29 is 14.6 Å². The fourth-order valence-corrected chi connectivity index (χ4v) is 5.44. The summed E-state index contributed by atoms with van der Waals surface area (Å²) in [4.78, 5) is 16.7. The summed E-state index contributed by atoms with van der Waals surface area (Å²) in [6.07, 6.45) is 6.08. The van der Waals surface area contributed by atoms with E-state index >= 15 is 0 Å². The predicted molar refractivity (Wildman–Crippen MR) is 113 cm³/mol. The Bertz CT molecular complexity index is 875. The Kier molecular flexibility index (Phi) is 5.52. The Hall–Kier alpha value is -2.14. The molecular weight excluding hydrogens is 364 g/mol. The topological polar surface area (TPSA) is 64.3 Å². The Morgan fingerprint density at radius 3 is 2.72 bits per heavy atom. The van der Waals surface area contributed by atoms with Crippen LogP contribution in [0.2, 0.25) is 0 Å². The van der Waals surface area contributed by atoms with Crippen molar-refractivity contribution in [3.8, 4) is 11.3 Å². The van der Waals surface area contributed by atoms with Crippen molar-refractivity contribution >= 4 is 5.97 Å². The SMILES string of the molecule is CC(C(O[C@@H]1C[C@@H](C)CC[C@@H]1C(C)C)C(=O)O)C1c2ccccc2-c2cncn21. The minimum atomic E-state index is -0.871. The molecule has 0 radical (unpaired) electrons. The number of nitrogens with zero attached hydrogens (tertiary/aromatic N) is 2. The second-order valence-corrected chi connectivity index (χ2v) is 9.34.